The van der Waals surface area contributed by atoms with Crippen LogP contribution < -0.4 is 0 Å². The van der Waals surface area contributed by atoms with Crippen molar-refractivity contribution < 1.29 is 14.3 Å². The summed E-state index contributed by atoms with van der Waals surface area (Å²) in [4.78, 5) is 14.4. The normalized spacial score (nSPS) is 22.2. The van der Waals surface area contributed by atoms with Crippen molar-refractivity contribution in [3.05, 3.63) is 47.1 Å². The fourth-order valence-corrected chi connectivity index (χ4v) is 4.06. The van der Waals surface area contributed by atoms with Gasteiger partial charge in [0.2, 0.25) is 0 Å². The van der Waals surface area contributed by atoms with Gasteiger partial charge < -0.3 is 5.11 Å². The van der Waals surface area contributed by atoms with E-state index in [1.807, 2.05) is 23.6 Å². The molecule has 2 unspecified atom stereocenters. The van der Waals surface area contributed by atoms with Gasteiger partial charge in [0.1, 0.15) is 5.82 Å². The Kier molecular flexibility index (Phi) is 4.78. The van der Waals surface area contributed by atoms with Gasteiger partial charge in [0, 0.05) is 30.1 Å². The average Bonchev–Trinajstić information content (AvgIpc) is 3.02. The maximum Gasteiger partial charge on any atom is 0.307 e. The zero-order valence-electron chi connectivity index (χ0n) is 13.0. The molecule has 1 saturated heterocycles. The van der Waals surface area contributed by atoms with Gasteiger partial charge in [-0.1, -0.05) is 19.1 Å². The summed E-state index contributed by atoms with van der Waals surface area (Å²) in [6.07, 6.45) is 0.732. The Morgan fingerprint density at radius 2 is 2.22 bits per heavy atom. The van der Waals surface area contributed by atoms with Crippen LogP contribution in [-0.4, -0.2) is 29.1 Å². The van der Waals surface area contributed by atoms with E-state index in [2.05, 4.69) is 11.8 Å². The number of likely N-dealkylation sites (tertiary alicyclic amines) is 1. The molecule has 0 saturated carbocycles. The molecule has 0 bridgehead atoms. The number of rotatable bonds is 4. The Morgan fingerprint density at radius 1 is 1.39 bits per heavy atom. The number of benzene rings is 1. The Labute approximate surface area is 139 Å². The van der Waals surface area contributed by atoms with Crippen molar-refractivity contribution in [1.29, 1.82) is 0 Å². The van der Waals surface area contributed by atoms with E-state index < -0.39 is 5.97 Å². The van der Waals surface area contributed by atoms with Crippen LogP contribution in [0.15, 0.2) is 35.7 Å². The highest BCUT2D eigenvalue weighted by atomic mass is 32.1. The number of carbonyl (C=O) groups is 1. The molecule has 1 fully saturated rings. The van der Waals surface area contributed by atoms with Crippen LogP contribution in [0.25, 0.3) is 10.4 Å². The number of hydrogen-bond donors (Lipinski definition) is 1. The third-order valence-electron chi connectivity index (χ3n) is 4.31. The van der Waals surface area contributed by atoms with E-state index in [9.17, 15) is 14.3 Å². The van der Waals surface area contributed by atoms with Crippen LogP contribution in [0.5, 0.6) is 0 Å². The minimum absolute atomic E-state index is 0.216. The molecule has 122 valence electrons. The van der Waals surface area contributed by atoms with Crippen LogP contribution >= 0.6 is 11.3 Å². The minimum Gasteiger partial charge on any atom is -0.481 e. The molecule has 0 aliphatic carbocycles. The van der Waals surface area contributed by atoms with Crippen LogP contribution in [-0.2, 0) is 11.3 Å². The molecule has 5 heteroatoms. The van der Waals surface area contributed by atoms with E-state index in [-0.39, 0.29) is 11.7 Å². The van der Waals surface area contributed by atoms with Crippen molar-refractivity contribution in [1.82, 2.24) is 4.90 Å². The number of carboxylic acids is 1. The lowest BCUT2D eigenvalue weighted by atomic mass is 9.90. The van der Waals surface area contributed by atoms with Crippen LogP contribution in [0.2, 0.25) is 0 Å². The molecule has 3 nitrogen and oxygen atoms in total. The van der Waals surface area contributed by atoms with Gasteiger partial charge in [0.15, 0.2) is 0 Å². The third kappa shape index (κ3) is 3.79. The van der Waals surface area contributed by atoms with E-state index >= 15 is 0 Å². The number of hydrogen-bond acceptors (Lipinski definition) is 3. The fourth-order valence-electron chi connectivity index (χ4n) is 3.32. The first-order valence-corrected chi connectivity index (χ1v) is 8.68. The molecule has 1 N–H and O–H groups in total. The number of thiophene rings is 1. The summed E-state index contributed by atoms with van der Waals surface area (Å²) in [6, 6.07) is 9.01. The summed E-state index contributed by atoms with van der Waals surface area (Å²) in [6.45, 7) is 4.19. The largest absolute Gasteiger partial charge is 0.481 e. The van der Waals surface area contributed by atoms with Gasteiger partial charge in [0.05, 0.1) is 5.92 Å². The second-order valence-electron chi connectivity index (χ2n) is 6.36. The van der Waals surface area contributed by atoms with Crippen molar-refractivity contribution in [3.8, 4) is 10.4 Å². The van der Waals surface area contributed by atoms with Gasteiger partial charge in [0.25, 0.3) is 0 Å². The molecule has 1 aromatic heterocycles. The van der Waals surface area contributed by atoms with Crippen molar-refractivity contribution in [3.63, 3.8) is 0 Å². The van der Waals surface area contributed by atoms with Gasteiger partial charge in [-0.15, -0.1) is 11.3 Å². The van der Waals surface area contributed by atoms with Gasteiger partial charge >= 0.3 is 5.97 Å². The van der Waals surface area contributed by atoms with Crippen molar-refractivity contribution >= 4 is 17.3 Å². The van der Waals surface area contributed by atoms with Crippen molar-refractivity contribution in [2.24, 2.45) is 11.8 Å². The van der Waals surface area contributed by atoms with Gasteiger partial charge in [-0.25, -0.2) is 4.39 Å². The molecule has 3 rings (SSSR count). The summed E-state index contributed by atoms with van der Waals surface area (Å²) in [5.74, 6) is -0.885. The number of piperidine rings is 1. The molecule has 1 aliphatic rings. The molecule has 2 atom stereocenters. The lowest BCUT2D eigenvalue weighted by Crippen LogP contribution is -2.41. The van der Waals surface area contributed by atoms with E-state index in [1.165, 1.54) is 17.4 Å². The van der Waals surface area contributed by atoms with E-state index in [1.54, 1.807) is 6.07 Å². The molecule has 1 aromatic carbocycles. The first-order valence-electron chi connectivity index (χ1n) is 7.80. The van der Waals surface area contributed by atoms with E-state index in [0.717, 1.165) is 23.4 Å². The average molecular weight is 333 g/mol. The Balaban J connectivity index is 1.77. The second kappa shape index (κ2) is 6.81. The summed E-state index contributed by atoms with van der Waals surface area (Å²) in [7, 11) is 0. The Bertz CT molecular complexity index is 686. The first-order chi connectivity index (χ1) is 11.0. The third-order valence-corrected chi connectivity index (χ3v) is 5.21. The number of aliphatic carboxylic acids is 1. The molecule has 23 heavy (non-hydrogen) atoms. The van der Waals surface area contributed by atoms with Crippen molar-refractivity contribution in [2.75, 3.05) is 13.1 Å². The lowest BCUT2D eigenvalue weighted by molar-refractivity contribution is -0.144. The molecule has 0 amide bonds. The Hall–Kier alpha value is -1.72. The van der Waals surface area contributed by atoms with Crippen LogP contribution in [0.3, 0.4) is 0 Å². The summed E-state index contributed by atoms with van der Waals surface area (Å²) in [5, 5.41) is 11.2. The molecule has 0 spiro atoms. The number of halogens is 1. The predicted molar refractivity (Wildman–Crippen MR) is 89.9 cm³/mol. The summed E-state index contributed by atoms with van der Waals surface area (Å²) < 4.78 is 14.1. The van der Waals surface area contributed by atoms with Crippen LogP contribution in [0.1, 0.15) is 18.9 Å². The number of carboxylic acid groups (broad SMARTS) is 1. The topological polar surface area (TPSA) is 40.5 Å². The standard InChI is InChI=1S/C18H20FNO2S/c1-12-7-14(18(21)22)11-20(9-12)10-13-4-5-16(19)15(8-13)17-3-2-6-23-17/h2-6,8,12,14H,7,9-11H2,1H3,(H,21,22). The highest BCUT2D eigenvalue weighted by Crippen LogP contribution is 2.29. The lowest BCUT2D eigenvalue weighted by Gasteiger charge is -2.34. The van der Waals surface area contributed by atoms with E-state index in [4.69, 9.17) is 0 Å². The predicted octanol–water partition coefficient (Wildman–Crippen LogP) is 4.10. The summed E-state index contributed by atoms with van der Waals surface area (Å²) in [5.41, 5.74) is 1.64. The zero-order valence-corrected chi connectivity index (χ0v) is 13.9. The monoisotopic (exact) mass is 333 g/mol. The smallest absolute Gasteiger partial charge is 0.307 e. The molecule has 2 aromatic rings. The SMILES string of the molecule is CC1CC(C(=O)O)CN(Cc2ccc(F)c(-c3cccs3)c2)C1. The molecular formula is C18H20FNO2S. The number of nitrogens with zero attached hydrogens (tertiary/aromatic N) is 1. The highest BCUT2D eigenvalue weighted by molar-refractivity contribution is 7.13. The highest BCUT2D eigenvalue weighted by Gasteiger charge is 2.29. The molecule has 2 heterocycles. The molecule has 0 radical (unpaired) electrons. The molecular weight excluding hydrogens is 313 g/mol. The van der Waals surface area contributed by atoms with Crippen LogP contribution in [0, 0.1) is 17.7 Å². The van der Waals surface area contributed by atoms with Crippen LogP contribution in [0.4, 0.5) is 4.39 Å². The van der Waals surface area contributed by atoms with Crippen molar-refractivity contribution in [2.45, 2.75) is 19.9 Å². The quantitative estimate of drug-likeness (QED) is 0.916. The summed E-state index contributed by atoms with van der Waals surface area (Å²) >= 11 is 1.52. The Morgan fingerprint density at radius 3 is 2.91 bits per heavy atom. The van der Waals surface area contributed by atoms with E-state index in [0.29, 0.717) is 24.6 Å². The second-order valence-corrected chi connectivity index (χ2v) is 7.31. The van der Waals surface area contributed by atoms with Gasteiger partial charge in [-0.3, -0.25) is 9.69 Å². The first kappa shape index (κ1) is 16.1. The minimum atomic E-state index is -0.722. The fraction of sp³-hybridized carbons (Fsp3) is 0.389. The van der Waals surface area contributed by atoms with Gasteiger partial charge in [-0.2, -0.15) is 0 Å². The maximum absolute atomic E-state index is 14.1. The van der Waals surface area contributed by atoms with Gasteiger partial charge in [-0.05, 0) is 41.5 Å². The maximum atomic E-state index is 14.1. The zero-order chi connectivity index (χ0) is 16.4. The molecule has 1 aliphatic heterocycles.